The quantitative estimate of drug-likeness (QED) is 0.752. The van der Waals surface area contributed by atoms with Crippen LogP contribution < -0.4 is 5.32 Å². The second-order valence-corrected chi connectivity index (χ2v) is 5.17. The molecule has 1 aliphatic carbocycles. The van der Waals surface area contributed by atoms with Crippen LogP contribution in [0.25, 0.3) is 0 Å². The Bertz CT molecular complexity index is 401. The molecule has 1 saturated carbocycles. The summed E-state index contributed by atoms with van der Waals surface area (Å²) in [6.07, 6.45) is 2.69. The van der Waals surface area contributed by atoms with Crippen LogP contribution in [0, 0.1) is 5.92 Å². The van der Waals surface area contributed by atoms with Crippen molar-refractivity contribution < 1.29 is 15.0 Å². The molecule has 0 aromatic heterocycles. The van der Waals surface area contributed by atoms with E-state index in [0.717, 1.165) is 25.7 Å². The van der Waals surface area contributed by atoms with E-state index < -0.39 is 18.1 Å². The molecule has 4 heteroatoms. The molecule has 104 valence electrons. The van der Waals surface area contributed by atoms with Crippen molar-refractivity contribution >= 4 is 5.91 Å². The molecule has 0 spiro atoms. The lowest BCUT2D eigenvalue weighted by Gasteiger charge is -2.19. The molecular formula is C15H21NO3. The predicted molar refractivity (Wildman–Crippen MR) is 72.4 cm³/mol. The Morgan fingerprint density at radius 3 is 2.47 bits per heavy atom. The Kier molecular flexibility index (Phi) is 4.93. The van der Waals surface area contributed by atoms with E-state index in [1.165, 1.54) is 0 Å². The summed E-state index contributed by atoms with van der Waals surface area (Å²) >= 11 is 0. The van der Waals surface area contributed by atoms with Crippen LogP contribution >= 0.6 is 0 Å². The lowest BCUT2D eigenvalue weighted by atomic mass is 10.0. The van der Waals surface area contributed by atoms with Gasteiger partial charge in [-0.05, 0) is 24.3 Å². The normalized spacial score (nSPS) is 19.1. The number of hydrogen-bond acceptors (Lipinski definition) is 3. The van der Waals surface area contributed by atoms with Gasteiger partial charge in [-0.15, -0.1) is 0 Å². The SMILES string of the molecule is O=C(NCC(O)C1CCCC1)C(O)c1ccccc1. The van der Waals surface area contributed by atoms with E-state index >= 15 is 0 Å². The first-order valence-electron chi connectivity index (χ1n) is 6.87. The monoisotopic (exact) mass is 263 g/mol. The van der Waals surface area contributed by atoms with Crippen LogP contribution in [0.2, 0.25) is 0 Å². The van der Waals surface area contributed by atoms with Crippen molar-refractivity contribution in [2.45, 2.75) is 37.9 Å². The number of carbonyl (C=O) groups is 1. The summed E-state index contributed by atoms with van der Waals surface area (Å²) in [4.78, 5) is 11.8. The number of benzene rings is 1. The van der Waals surface area contributed by atoms with E-state index in [2.05, 4.69) is 5.32 Å². The number of nitrogens with one attached hydrogen (secondary N) is 1. The van der Waals surface area contributed by atoms with Gasteiger partial charge in [-0.25, -0.2) is 0 Å². The first-order valence-corrected chi connectivity index (χ1v) is 6.87. The molecule has 2 atom stereocenters. The highest BCUT2D eigenvalue weighted by molar-refractivity contribution is 5.81. The Morgan fingerprint density at radius 1 is 1.21 bits per heavy atom. The molecule has 2 unspecified atom stereocenters. The van der Waals surface area contributed by atoms with Crippen LogP contribution in [0.1, 0.15) is 37.4 Å². The Hall–Kier alpha value is -1.39. The molecule has 0 heterocycles. The second-order valence-electron chi connectivity index (χ2n) is 5.17. The smallest absolute Gasteiger partial charge is 0.253 e. The van der Waals surface area contributed by atoms with Crippen molar-refractivity contribution in [3.8, 4) is 0 Å². The van der Waals surface area contributed by atoms with Gasteiger partial charge in [0.1, 0.15) is 0 Å². The van der Waals surface area contributed by atoms with E-state index in [-0.39, 0.29) is 12.5 Å². The minimum atomic E-state index is -1.17. The first kappa shape index (κ1) is 14.0. The van der Waals surface area contributed by atoms with Crippen molar-refractivity contribution in [1.29, 1.82) is 0 Å². The first-order chi connectivity index (χ1) is 9.18. The summed E-state index contributed by atoms with van der Waals surface area (Å²) in [6.45, 7) is 0.216. The molecule has 1 aromatic carbocycles. The van der Waals surface area contributed by atoms with Gasteiger partial charge in [0.05, 0.1) is 6.10 Å². The van der Waals surface area contributed by atoms with Crippen molar-refractivity contribution in [2.24, 2.45) is 5.92 Å². The number of rotatable bonds is 5. The zero-order valence-electron chi connectivity index (χ0n) is 11.0. The largest absolute Gasteiger partial charge is 0.391 e. The molecule has 1 fully saturated rings. The molecule has 1 aliphatic rings. The predicted octanol–water partition coefficient (Wildman–Crippen LogP) is 1.39. The van der Waals surface area contributed by atoms with Gasteiger partial charge in [0, 0.05) is 6.54 Å². The minimum absolute atomic E-state index is 0.216. The fraction of sp³-hybridized carbons (Fsp3) is 0.533. The molecular weight excluding hydrogens is 242 g/mol. The highest BCUT2D eigenvalue weighted by Crippen LogP contribution is 2.27. The average Bonchev–Trinajstić information content (AvgIpc) is 2.98. The number of carbonyl (C=O) groups excluding carboxylic acids is 1. The summed E-state index contributed by atoms with van der Waals surface area (Å²) in [5.41, 5.74) is 0.565. The van der Waals surface area contributed by atoms with Crippen LogP contribution in [-0.4, -0.2) is 28.8 Å². The average molecular weight is 263 g/mol. The number of aliphatic hydroxyl groups is 2. The molecule has 4 nitrogen and oxygen atoms in total. The van der Waals surface area contributed by atoms with E-state index in [0.29, 0.717) is 5.56 Å². The van der Waals surface area contributed by atoms with Crippen LogP contribution in [0.15, 0.2) is 30.3 Å². The highest BCUT2D eigenvalue weighted by Gasteiger charge is 2.24. The molecule has 19 heavy (non-hydrogen) atoms. The van der Waals surface area contributed by atoms with Gasteiger partial charge in [0.25, 0.3) is 5.91 Å². The molecule has 1 amide bonds. The van der Waals surface area contributed by atoms with Gasteiger partial charge in [-0.2, -0.15) is 0 Å². The fourth-order valence-corrected chi connectivity index (χ4v) is 2.60. The van der Waals surface area contributed by atoms with Crippen LogP contribution in [0.3, 0.4) is 0 Å². The minimum Gasteiger partial charge on any atom is -0.391 e. The van der Waals surface area contributed by atoms with Crippen LogP contribution in [0.4, 0.5) is 0 Å². The Morgan fingerprint density at radius 2 is 1.84 bits per heavy atom. The van der Waals surface area contributed by atoms with E-state index in [4.69, 9.17) is 0 Å². The molecule has 1 aromatic rings. The summed E-state index contributed by atoms with van der Waals surface area (Å²) in [5.74, 6) is -0.169. The maximum absolute atomic E-state index is 11.8. The zero-order valence-corrected chi connectivity index (χ0v) is 11.0. The van der Waals surface area contributed by atoms with Gasteiger partial charge in [0.15, 0.2) is 6.10 Å². The lowest BCUT2D eigenvalue weighted by Crippen LogP contribution is -2.38. The van der Waals surface area contributed by atoms with Crippen molar-refractivity contribution in [3.05, 3.63) is 35.9 Å². The second kappa shape index (κ2) is 6.68. The number of amides is 1. The third-order valence-electron chi connectivity index (χ3n) is 3.79. The molecule has 2 rings (SSSR count). The van der Waals surface area contributed by atoms with Gasteiger partial charge < -0.3 is 15.5 Å². The lowest BCUT2D eigenvalue weighted by molar-refractivity contribution is -0.130. The Balaban J connectivity index is 1.80. The molecule has 3 N–H and O–H groups in total. The van der Waals surface area contributed by atoms with Crippen molar-refractivity contribution in [1.82, 2.24) is 5.32 Å². The third kappa shape index (κ3) is 3.78. The van der Waals surface area contributed by atoms with Crippen molar-refractivity contribution in [2.75, 3.05) is 6.54 Å². The van der Waals surface area contributed by atoms with Gasteiger partial charge >= 0.3 is 0 Å². The van der Waals surface area contributed by atoms with E-state index in [1.807, 2.05) is 6.07 Å². The number of aliphatic hydroxyl groups excluding tert-OH is 2. The summed E-state index contributed by atoms with van der Waals surface area (Å²) in [5, 5.41) is 22.4. The van der Waals surface area contributed by atoms with Gasteiger partial charge in [-0.3, -0.25) is 4.79 Å². The van der Waals surface area contributed by atoms with Crippen LogP contribution in [-0.2, 0) is 4.79 Å². The number of hydrogen-bond donors (Lipinski definition) is 3. The van der Waals surface area contributed by atoms with Crippen LogP contribution in [0.5, 0.6) is 0 Å². The standard InChI is InChI=1S/C15H21NO3/c17-13(11-6-4-5-7-11)10-16-15(19)14(18)12-8-2-1-3-9-12/h1-3,8-9,11,13-14,17-18H,4-7,10H2,(H,16,19). The Labute approximate surface area is 113 Å². The van der Waals surface area contributed by atoms with Gasteiger partial charge in [0.2, 0.25) is 0 Å². The molecule has 0 radical (unpaired) electrons. The topological polar surface area (TPSA) is 69.6 Å². The fourth-order valence-electron chi connectivity index (χ4n) is 2.60. The zero-order chi connectivity index (χ0) is 13.7. The maximum Gasteiger partial charge on any atom is 0.253 e. The van der Waals surface area contributed by atoms with Crippen molar-refractivity contribution in [3.63, 3.8) is 0 Å². The highest BCUT2D eigenvalue weighted by atomic mass is 16.3. The third-order valence-corrected chi connectivity index (χ3v) is 3.79. The molecule has 0 saturated heterocycles. The maximum atomic E-state index is 11.8. The summed E-state index contributed by atoms with van der Waals surface area (Å²) in [7, 11) is 0. The van der Waals surface area contributed by atoms with E-state index in [1.54, 1.807) is 24.3 Å². The summed E-state index contributed by atoms with van der Waals surface area (Å²) < 4.78 is 0. The summed E-state index contributed by atoms with van der Waals surface area (Å²) in [6, 6.07) is 8.80. The molecule has 0 aliphatic heterocycles. The van der Waals surface area contributed by atoms with Gasteiger partial charge in [-0.1, -0.05) is 43.2 Å². The van der Waals surface area contributed by atoms with E-state index in [9.17, 15) is 15.0 Å². The molecule has 0 bridgehead atoms.